The van der Waals surface area contributed by atoms with Gasteiger partial charge in [0.1, 0.15) is 16.8 Å². The Balaban J connectivity index is 1.57. The van der Waals surface area contributed by atoms with Gasteiger partial charge in [0.05, 0.1) is 16.2 Å². The number of amides is 1. The van der Waals surface area contributed by atoms with E-state index in [2.05, 4.69) is 21.5 Å². The van der Waals surface area contributed by atoms with Crippen LogP contribution in [0.4, 0.5) is 0 Å². The molecule has 2 aliphatic rings. The number of benzene rings is 1. The van der Waals surface area contributed by atoms with Crippen molar-refractivity contribution in [3.63, 3.8) is 0 Å². The molecule has 9 nitrogen and oxygen atoms in total. The molecule has 1 aromatic heterocycles. The molecule has 2 heterocycles. The standard InChI is InChI=1S/C20H21ClN6O3S2/c1-11(18-24-12(2)25-27(18)20-26(3)10-15(9-22)31-20)23-19(28)13-6-14(21)8-17(7-13)32(29,30)16-4-5-16/h6-8,10-11,16,20H,4-5H2,1-3H3,(H,23,28)/t11-,20?/m0/s1. The number of rotatable bonds is 6. The molecule has 0 spiro atoms. The van der Waals surface area contributed by atoms with Crippen molar-refractivity contribution in [3.05, 3.63) is 51.5 Å². The molecule has 1 N–H and O–H groups in total. The molecule has 1 aliphatic carbocycles. The van der Waals surface area contributed by atoms with E-state index in [4.69, 9.17) is 11.6 Å². The molecule has 0 radical (unpaired) electrons. The number of carbonyl (C=O) groups excluding carboxylic acids is 1. The normalized spacial score (nSPS) is 19.4. The maximum absolute atomic E-state index is 13.0. The quantitative estimate of drug-likeness (QED) is 0.652. The Labute approximate surface area is 195 Å². The molecule has 0 saturated heterocycles. The highest BCUT2D eigenvalue weighted by Gasteiger charge is 2.37. The minimum atomic E-state index is -3.48. The van der Waals surface area contributed by atoms with Crippen LogP contribution in [0.2, 0.25) is 5.02 Å². The molecule has 1 aliphatic heterocycles. The number of carbonyl (C=O) groups is 1. The Morgan fingerprint density at radius 2 is 2.09 bits per heavy atom. The lowest BCUT2D eigenvalue weighted by Gasteiger charge is -2.23. The number of aryl methyl sites for hydroxylation is 1. The van der Waals surface area contributed by atoms with Gasteiger partial charge in [0, 0.05) is 23.8 Å². The minimum absolute atomic E-state index is 0.0587. The van der Waals surface area contributed by atoms with Crippen molar-refractivity contribution in [1.82, 2.24) is 25.0 Å². The van der Waals surface area contributed by atoms with E-state index in [1.165, 1.54) is 30.0 Å². The van der Waals surface area contributed by atoms with Crippen LogP contribution in [0.1, 0.15) is 53.3 Å². The maximum atomic E-state index is 13.0. The van der Waals surface area contributed by atoms with Gasteiger partial charge in [-0.15, -0.1) is 0 Å². The smallest absolute Gasteiger partial charge is 0.251 e. The van der Waals surface area contributed by atoms with Crippen LogP contribution in [-0.4, -0.2) is 46.3 Å². The van der Waals surface area contributed by atoms with Crippen molar-refractivity contribution in [2.45, 2.75) is 48.4 Å². The highest BCUT2D eigenvalue weighted by Crippen LogP contribution is 2.39. The van der Waals surface area contributed by atoms with Crippen molar-refractivity contribution >= 4 is 39.1 Å². The Morgan fingerprint density at radius 3 is 2.72 bits per heavy atom. The fourth-order valence-corrected chi connectivity index (χ4v) is 6.44. The number of halogens is 1. The van der Waals surface area contributed by atoms with Gasteiger partial charge in [0.25, 0.3) is 5.91 Å². The minimum Gasteiger partial charge on any atom is -0.349 e. The molecule has 1 saturated carbocycles. The first-order chi connectivity index (χ1) is 15.1. The molecular formula is C20H21ClN6O3S2. The van der Waals surface area contributed by atoms with Gasteiger partial charge >= 0.3 is 0 Å². The van der Waals surface area contributed by atoms with E-state index < -0.39 is 27.0 Å². The van der Waals surface area contributed by atoms with E-state index in [0.29, 0.717) is 29.4 Å². The lowest BCUT2D eigenvalue weighted by molar-refractivity contribution is 0.0936. The lowest BCUT2D eigenvalue weighted by Crippen LogP contribution is -2.31. The molecule has 32 heavy (non-hydrogen) atoms. The summed E-state index contributed by atoms with van der Waals surface area (Å²) in [6.07, 6.45) is 2.98. The Kier molecular flexibility index (Phi) is 5.96. The van der Waals surface area contributed by atoms with Crippen LogP contribution in [0, 0.1) is 18.3 Å². The summed E-state index contributed by atoms with van der Waals surface area (Å²) in [6, 6.07) is 5.77. The second-order valence-corrected chi connectivity index (χ2v) is 11.6. The van der Waals surface area contributed by atoms with Crippen LogP contribution in [0.25, 0.3) is 0 Å². The highest BCUT2D eigenvalue weighted by atomic mass is 35.5. The molecule has 1 aromatic carbocycles. The highest BCUT2D eigenvalue weighted by molar-refractivity contribution is 8.03. The summed E-state index contributed by atoms with van der Waals surface area (Å²) in [5.41, 5.74) is -0.145. The fraction of sp³-hybridized carbons (Fsp3) is 0.400. The molecular weight excluding hydrogens is 472 g/mol. The van der Waals surface area contributed by atoms with Crippen LogP contribution in [0.3, 0.4) is 0 Å². The van der Waals surface area contributed by atoms with Crippen molar-refractivity contribution in [3.8, 4) is 6.07 Å². The first-order valence-electron chi connectivity index (χ1n) is 9.89. The van der Waals surface area contributed by atoms with E-state index in [9.17, 15) is 18.5 Å². The Bertz CT molecular complexity index is 1260. The molecule has 1 fully saturated rings. The third-order valence-corrected chi connectivity index (χ3v) is 8.80. The number of nitriles is 1. The first kappa shape index (κ1) is 22.6. The second kappa shape index (κ2) is 8.42. The molecule has 2 atom stereocenters. The van der Waals surface area contributed by atoms with Gasteiger partial charge in [-0.3, -0.25) is 4.79 Å². The number of hydrogen-bond donors (Lipinski definition) is 1. The number of nitrogens with one attached hydrogen (secondary N) is 1. The maximum Gasteiger partial charge on any atom is 0.251 e. The van der Waals surface area contributed by atoms with Gasteiger partial charge < -0.3 is 10.2 Å². The first-order valence-corrected chi connectivity index (χ1v) is 12.7. The third kappa shape index (κ3) is 4.35. The zero-order valence-corrected chi connectivity index (χ0v) is 20.0. The van der Waals surface area contributed by atoms with Crippen LogP contribution in [0.5, 0.6) is 0 Å². The molecule has 1 amide bonds. The Morgan fingerprint density at radius 1 is 1.38 bits per heavy atom. The monoisotopic (exact) mass is 492 g/mol. The van der Waals surface area contributed by atoms with E-state index >= 15 is 0 Å². The summed E-state index contributed by atoms with van der Waals surface area (Å²) in [4.78, 5) is 19.9. The summed E-state index contributed by atoms with van der Waals surface area (Å²) in [5.74, 6) is 0.574. The lowest BCUT2D eigenvalue weighted by atomic mass is 10.2. The molecule has 168 valence electrons. The van der Waals surface area contributed by atoms with Crippen molar-refractivity contribution in [2.75, 3.05) is 7.05 Å². The van der Waals surface area contributed by atoms with E-state index in [0.717, 1.165) is 0 Å². The zero-order valence-electron chi connectivity index (χ0n) is 17.6. The second-order valence-electron chi connectivity index (χ2n) is 7.79. The molecule has 4 rings (SSSR count). The fourth-order valence-electron chi connectivity index (χ4n) is 3.43. The SMILES string of the molecule is Cc1nc([C@H](C)NC(=O)c2cc(Cl)cc(S(=O)(=O)C3CC3)c2)n(C2SC(C#N)=CN2C)n1. The molecule has 2 aromatic rings. The van der Waals surface area contributed by atoms with Gasteiger partial charge in [-0.2, -0.15) is 10.4 Å². The van der Waals surface area contributed by atoms with Gasteiger partial charge in [-0.1, -0.05) is 23.4 Å². The van der Waals surface area contributed by atoms with Gasteiger partial charge in [0.15, 0.2) is 21.2 Å². The summed E-state index contributed by atoms with van der Waals surface area (Å²) in [7, 11) is -1.65. The molecule has 12 heteroatoms. The van der Waals surface area contributed by atoms with E-state index in [1.807, 2.05) is 11.9 Å². The molecule has 1 unspecified atom stereocenters. The number of thioether (sulfide) groups is 1. The van der Waals surface area contributed by atoms with Crippen LogP contribution in [0.15, 0.2) is 34.2 Å². The summed E-state index contributed by atoms with van der Waals surface area (Å²) < 4.78 is 26.9. The van der Waals surface area contributed by atoms with Crippen molar-refractivity contribution < 1.29 is 13.2 Å². The third-order valence-electron chi connectivity index (χ3n) is 5.14. The predicted octanol–water partition coefficient (Wildman–Crippen LogP) is 3.17. The number of aromatic nitrogens is 3. The molecule has 0 bridgehead atoms. The average Bonchev–Trinajstić information content (AvgIpc) is 3.44. The Hall–Kier alpha value is -2.55. The zero-order chi connectivity index (χ0) is 23.2. The predicted molar refractivity (Wildman–Crippen MR) is 120 cm³/mol. The van der Waals surface area contributed by atoms with Crippen molar-refractivity contribution in [1.29, 1.82) is 5.26 Å². The van der Waals surface area contributed by atoms with Crippen LogP contribution in [-0.2, 0) is 9.84 Å². The van der Waals surface area contributed by atoms with Gasteiger partial charge in [-0.05, 0) is 44.9 Å². The van der Waals surface area contributed by atoms with Crippen LogP contribution < -0.4 is 5.32 Å². The summed E-state index contributed by atoms with van der Waals surface area (Å²) >= 11 is 7.46. The summed E-state index contributed by atoms with van der Waals surface area (Å²) in [5, 5.41) is 16.3. The average molecular weight is 493 g/mol. The largest absolute Gasteiger partial charge is 0.349 e. The van der Waals surface area contributed by atoms with E-state index in [1.54, 1.807) is 24.7 Å². The number of sulfone groups is 1. The van der Waals surface area contributed by atoms with Gasteiger partial charge in [-0.25, -0.2) is 18.1 Å². The number of nitrogens with zero attached hydrogens (tertiary/aromatic N) is 5. The topological polar surface area (TPSA) is 121 Å². The summed E-state index contributed by atoms with van der Waals surface area (Å²) in [6.45, 7) is 3.52. The number of allylic oxidation sites excluding steroid dienone is 1. The number of hydrogen-bond acceptors (Lipinski definition) is 8. The van der Waals surface area contributed by atoms with E-state index in [-0.39, 0.29) is 21.0 Å². The van der Waals surface area contributed by atoms with Crippen molar-refractivity contribution in [2.24, 2.45) is 0 Å². The van der Waals surface area contributed by atoms with Gasteiger partial charge in [0.2, 0.25) is 0 Å². The van der Waals surface area contributed by atoms with Crippen LogP contribution >= 0.6 is 23.4 Å².